The molecule has 12 heteroatoms. The highest BCUT2D eigenvalue weighted by Gasteiger charge is 2.30. The Hall–Kier alpha value is -2.64. The summed E-state index contributed by atoms with van der Waals surface area (Å²) in [6.07, 6.45) is -3.70. The molecule has 0 saturated heterocycles. The molecule has 31 heavy (non-hydrogen) atoms. The lowest BCUT2D eigenvalue weighted by Crippen LogP contribution is -2.33. The number of methoxy groups -OCH3 is 3. The molecule has 0 aliphatic carbocycles. The van der Waals surface area contributed by atoms with E-state index >= 15 is 0 Å². The minimum absolute atomic E-state index is 0. The summed E-state index contributed by atoms with van der Waals surface area (Å²) < 4.78 is 58.9. The maximum absolute atomic E-state index is 12.5. The monoisotopic (exact) mass is 556 g/mol. The van der Waals surface area contributed by atoms with E-state index < -0.39 is 11.7 Å². The van der Waals surface area contributed by atoms with Gasteiger partial charge in [0.1, 0.15) is 6.61 Å². The van der Waals surface area contributed by atoms with Crippen LogP contribution in [0.4, 0.5) is 18.9 Å². The molecule has 0 atom stereocenters. The van der Waals surface area contributed by atoms with Crippen molar-refractivity contribution in [3.8, 4) is 23.1 Å². The minimum atomic E-state index is -4.43. The summed E-state index contributed by atoms with van der Waals surface area (Å²) >= 11 is 0. The molecule has 0 unspecified atom stereocenters. The molecule has 0 aliphatic rings. The Bertz CT molecular complexity index is 839. The Labute approximate surface area is 195 Å². The van der Waals surface area contributed by atoms with Gasteiger partial charge >= 0.3 is 6.18 Å². The van der Waals surface area contributed by atoms with Crippen LogP contribution in [-0.2, 0) is 6.18 Å². The van der Waals surface area contributed by atoms with Crippen molar-refractivity contribution in [1.29, 1.82) is 0 Å². The first-order chi connectivity index (χ1) is 14.3. The van der Waals surface area contributed by atoms with Gasteiger partial charge in [0.25, 0.3) is 0 Å². The normalized spacial score (nSPS) is 11.3. The number of pyridine rings is 1. The second-order valence-corrected chi connectivity index (χ2v) is 5.77. The van der Waals surface area contributed by atoms with E-state index in [0.717, 1.165) is 12.3 Å². The van der Waals surface area contributed by atoms with Crippen LogP contribution in [0.2, 0.25) is 0 Å². The molecular formula is C19H24F3IN4O4. The van der Waals surface area contributed by atoms with Gasteiger partial charge in [-0.25, -0.2) is 4.98 Å². The number of nitrogens with zero attached hydrogens (tertiary/aromatic N) is 2. The van der Waals surface area contributed by atoms with Gasteiger partial charge in [-0.15, -0.1) is 24.0 Å². The Kier molecular flexibility index (Phi) is 10.4. The zero-order valence-electron chi connectivity index (χ0n) is 17.4. The molecule has 172 valence electrons. The van der Waals surface area contributed by atoms with E-state index in [1.165, 1.54) is 27.4 Å². The number of benzene rings is 1. The van der Waals surface area contributed by atoms with Gasteiger partial charge in [-0.3, -0.25) is 4.99 Å². The molecule has 0 radical (unpaired) electrons. The highest BCUT2D eigenvalue weighted by Crippen LogP contribution is 2.39. The molecule has 0 spiro atoms. The molecule has 0 fully saturated rings. The summed E-state index contributed by atoms with van der Waals surface area (Å²) in [4.78, 5) is 7.75. The Morgan fingerprint density at radius 3 is 2.16 bits per heavy atom. The molecular weight excluding hydrogens is 532 g/mol. The Morgan fingerprint density at radius 2 is 1.71 bits per heavy atom. The molecule has 0 amide bonds. The van der Waals surface area contributed by atoms with Gasteiger partial charge in [-0.1, -0.05) is 0 Å². The number of alkyl halides is 3. The summed E-state index contributed by atoms with van der Waals surface area (Å²) in [5.41, 5.74) is -0.189. The number of ether oxygens (including phenoxy) is 4. The molecule has 1 aromatic carbocycles. The van der Waals surface area contributed by atoms with Crippen molar-refractivity contribution < 1.29 is 32.1 Å². The molecule has 2 N–H and O–H groups in total. The topological polar surface area (TPSA) is 86.2 Å². The van der Waals surface area contributed by atoms with Crippen LogP contribution in [0.15, 0.2) is 35.5 Å². The van der Waals surface area contributed by atoms with Crippen LogP contribution in [0.3, 0.4) is 0 Å². The van der Waals surface area contributed by atoms with Gasteiger partial charge in [0.15, 0.2) is 17.5 Å². The van der Waals surface area contributed by atoms with Crippen LogP contribution in [0.25, 0.3) is 0 Å². The highest BCUT2D eigenvalue weighted by molar-refractivity contribution is 14.0. The molecule has 0 bridgehead atoms. The average molecular weight is 556 g/mol. The molecule has 2 rings (SSSR count). The summed E-state index contributed by atoms with van der Waals surface area (Å²) in [7, 11) is 6.13. The number of anilines is 1. The predicted octanol–water partition coefficient (Wildman–Crippen LogP) is 3.81. The van der Waals surface area contributed by atoms with Crippen LogP contribution >= 0.6 is 24.0 Å². The van der Waals surface area contributed by atoms with E-state index in [1.54, 1.807) is 19.2 Å². The number of aliphatic imine (C=N–C) groups is 1. The molecule has 8 nitrogen and oxygen atoms in total. The smallest absolute Gasteiger partial charge is 0.417 e. The van der Waals surface area contributed by atoms with Crippen molar-refractivity contribution in [2.75, 3.05) is 46.8 Å². The zero-order valence-corrected chi connectivity index (χ0v) is 19.7. The quantitative estimate of drug-likeness (QED) is 0.222. The van der Waals surface area contributed by atoms with Crippen molar-refractivity contribution in [2.24, 2.45) is 4.99 Å². The second-order valence-electron chi connectivity index (χ2n) is 5.77. The van der Waals surface area contributed by atoms with Gasteiger partial charge in [-0.2, -0.15) is 13.2 Å². The van der Waals surface area contributed by atoms with E-state index in [0.29, 0.717) is 35.4 Å². The van der Waals surface area contributed by atoms with E-state index in [1.807, 2.05) is 0 Å². The van der Waals surface area contributed by atoms with Crippen LogP contribution in [0.5, 0.6) is 23.1 Å². The van der Waals surface area contributed by atoms with Crippen molar-refractivity contribution in [3.05, 3.63) is 36.0 Å². The first kappa shape index (κ1) is 26.4. The van der Waals surface area contributed by atoms with Crippen LogP contribution in [-0.4, -0.2) is 52.5 Å². The zero-order chi connectivity index (χ0) is 22.1. The summed E-state index contributed by atoms with van der Waals surface area (Å²) in [5, 5.41) is 6.10. The lowest BCUT2D eigenvalue weighted by molar-refractivity contribution is -0.137. The van der Waals surface area contributed by atoms with E-state index in [9.17, 15) is 13.2 Å². The van der Waals surface area contributed by atoms with Gasteiger partial charge in [-0.05, 0) is 6.07 Å². The largest absolute Gasteiger partial charge is 0.493 e. The maximum Gasteiger partial charge on any atom is 0.417 e. The fourth-order valence-corrected chi connectivity index (χ4v) is 2.43. The van der Waals surface area contributed by atoms with Gasteiger partial charge in [0.2, 0.25) is 11.6 Å². The third kappa shape index (κ3) is 7.52. The maximum atomic E-state index is 12.5. The van der Waals surface area contributed by atoms with Crippen molar-refractivity contribution in [3.63, 3.8) is 0 Å². The second kappa shape index (κ2) is 12.3. The van der Waals surface area contributed by atoms with Crippen molar-refractivity contribution >= 4 is 35.6 Å². The van der Waals surface area contributed by atoms with Gasteiger partial charge < -0.3 is 29.6 Å². The van der Waals surface area contributed by atoms with Crippen molar-refractivity contribution in [2.45, 2.75) is 6.18 Å². The Morgan fingerprint density at radius 1 is 1.06 bits per heavy atom. The number of hydrogen-bond donors (Lipinski definition) is 2. The summed E-state index contributed by atoms with van der Waals surface area (Å²) in [6.45, 7) is 0.487. The van der Waals surface area contributed by atoms with Crippen molar-refractivity contribution in [1.82, 2.24) is 10.3 Å². The van der Waals surface area contributed by atoms with E-state index in [-0.39, 0.29) is 36.5 Å². The lowest BCUT2D eigenvalue weighted by atomic mass is 10.2. The number of hydrogen-bond acceptors (Lipinski definition) is 6. The average Bonchev–Trinajstić information content (AvgIpc) is 2.74. The molecule has 0 aliphatic heterocycles. The molecule has 0 saturated carbocycles. The third-order valence-electron chi connectivity index (χ3n) is 3.86. The van der Waals surface area contributed by atoms with E-state index in [4.69, 9.17) is 18.9 Å². The Balaban J connectivity index is 0.00000480. The van der Waals surface area contributed by atoms with Gasteiger partial charge in [0.05, 0.1) is 33.4 Å². The fourth-order valence-electron chi connectivity index (χ4n) is 2.43. The molecule has 2 aromatic rings. The molecule has 1 heterocycles. The number of nitrogens with one attached hydrogen (secondary N) is 2. The SMILES string of the molecule is CN=C(NCCOc1ccc(C(F)(F)F)cn1)Nc1cc(OC)c(OC)c(OC)c1.I. The number of halogens is 4. The van der Waals surface area contributed by atoms with Gasteiger partial charge in [0, 0.05) is 37.1 Å². The fraction of sp³-hybridized carbons (Fsp3) is 0.368. The summed E-state index contributed by atoms with van der Waals surface area (Å²) in [5.74, 6) is 1.95. The predicted molar refractivity (Wildman–Crippen MR) is 121 cm³/mol. The summed E-state index contributed by atoms with van der Waals surface area (Å²) in [6, 6.07) is 5.53. The highest BCUT2D eigenvalue weighted by atomic mass is 127. The first-order valence-corrected chi connectivity index (χ1v) is 8.76. The van der Waals surface area contributed by atoms with E-state index in [2.05, 4.69) is 20.6 Å². The minimum Gasteiger partial charge on any atom is -0.493 e. The number of rotatable bonds is 8. The third-order valence-corrected chi connectivity index (χ3v) is 3.86. The number of guanidine groups is 1. The molecule has 1 aromatic heterocycles. The first-order valence-electron chi connectivity index (χ1n) is 8.76. The lowest BCUT2D eigenvalue weighted by Gasteiger charge is -2.16. The standard InChI is InChI=1S/C19H23F3N4O4.HI/c1-23-18(26-13-9-14(27-2)17(29-4)15(10-13)28-3)24-7-8-30-16-6-5-12(11-25-16)19(20,21)22;/h5-6,9-11H,7-8H2,1-4H3,(H2,23,24,26);1H. The number of aromatic nitrogens is 1. The van der Waals surface area contributed by atoms with Crippen LogP contribution < -0.4 is 29.6 Å². The van der Waals surface area contributed by atoms with Crippen LogP contribution in [0.1, 0.15) is 5.56 Å². The van der Waals surface area contributed by atoms with Crippen LogP contribution in [0, 0.1) is 0 Å².